The first-order valence-corrected chi connectivity index (χ1v) is 26.8. The van der Waals surface area contributed by atoms with Crippen LogP contribution >= 0.6 is 0 Å². The summed E-state index contributed by atoms with van der Waals surface area (Å²) in [6, 6.07) is 86.8. The molecule has 0 radical (unpaired) electrons. The molecule has 2 nitrogen and oxygen atoms in total. The minimum absolute atomic E-state index is 0.100. The number of aryl methyl sites for hydroxylation is 7. The highest BCUT2D eigenvalue weighted by Crippen LogP contribution is 2.48. The van der Waals surface area contributed by atoms with Gasteiger partial charge in [0.2, 0.25) is 0 Å². The number of hydrogen-bond acceptors (Lipinski definition) is 2. The van der Waals surface area contributed by atoms with Crippen molar-refractivity contribution in [3.63, 3.8) is 0 Å². The number of hydrogen-bond donors (Lipinski definition) is 0. The SMILES string of the molecule is Cc1cc(C)c(-c2ccc3c(c2)B2c4cc(-c5c(C)cc(C)cc5C)ccc4N(c4cc(-c5ccccc5)cc(-c5ccccc5)c4)c4cc(C)cc(c42)N3c2cc(-c3ccccc3)cc(-c3ccccc3)c2)c(C)c1. The van der Waals surface area contributed by atoms with E-state index in [1.807, 2.05) is 0 Å². The van der Waals surface area contributed by atoms with Crippen LogP contribution in [0.5, 0.6) is 0 Å². The third kappa shape index (κ3) is 8.15. The molecule has 0 atom stereocenters. The predicted octanol–water partition coefficient (Wildman–Crippen LogP) is 17.9. The van der Waals surface area contributed by atoms with E-state index in [0.29, 0.717) is 0 Å². The Hall–Kier alpha value is -8.92. The van der Waals surface area contributed by atoms with Crippen LogP contribution in [-0.4, -0.2) is 6.71 Å². The van der Waals surface area contributed by atoms with Gasteiger partial charge in [-0.2, -0.15) is 0 Å². The van der Waals surface area contributed by atoms with Crippen molar-refractivity contribution in [3.8, 4) is 66.8 Å². The second-order valence-corrected chi connectivity index (χ2v) is 21.4. The molecule has 0 aliphatic carbocycles. The van der Waals surface area contributed by atoms with Crippen LogP contribution in [0.25, 0.3) is 66.8 Å². The molecule has 0 bridgehead atoms. The Labute approximate surface area is 449 Å². The van der Waals surface area contributed by atoms with Gasteiger partial charge < -0.3 is 9.80 Å². The lowest BCUT2D eigenvalue weighted by atomic mass is 9.33. The second kappa shape index (κ2) is 18.8. The summed E-state index contributed by atoms with van der Waals surface area (Å²) in [5.74, 6) is 0. The average molecular weight is 975 g/mol. The largest absolute Gasteiger partial charge is 0.311 e. The summed E-state index contributed by atoms with van der Waals surface area (Å²) in [6.07, 6.45) is 0. The average Bonchev–Trinajstić information content (AvgIpc) is 3.46. The molecule has 2 aliphatic rings. The van der Waals surface area contributed by atoms with Gasteiger partial charge in [-0.1, -0.05) is 181 Å². The summed E-state index contributed by atoms with van der Waals surface area (Å²) in [5.41, 5.74) is 34.4. The molecule has 0 aromatic heterocycles. The normalized spacial score (nSPS) is 12.3. The first-order valence-electron chi connectivity index (χ1n) is 26.8. The fourth-order valence-electron chi connectivity index (χ4n) is 12.9. The van der Waals surface area contributed by atoms with Gasteiger partial charge in [0.05, 0.1) is 0 Å². The highest BCUT2D eigenvalue weighted by Gasteiger charge is 2.44. The molecule has 0 saturated carbocycles. The van der Waals surface area contributed by atoms with E-state index in [2.05, 4.69) is 289 Å². The maximum absolute atomic E-state index is 2.59. The lowest BCUT2D eigenvalue weighted by Gasteiger charge is -2.45. The van der Waals surface area contributed by atoms with Crippen molar-refractivity contribution in [2.24, 2.45) is 0 Å². The van der Waals surface area contributed by atoms with Gasteiger partial charge in [-0.15, -0.1) is 0 Å². The van der Waals surface area contributed by atoms with Crippen LogP contribution in [0.2, 0.25) is 0 Å². The minimum atomic E-state index is -0.100. The van der Waals surface area contributed by atoms with Crippen molar-refractivity contribution in [2.45, 2.75) is 48.5 Å². The monoisotopic (exact) mass is 974 g/mol. The Morgan fingerprint density at radius 1 is 0.250 bits per heavy atom. The molecule has 11 aromatic rings. The van der Waals surface area contributed by atoms with Crippen LogP contribution in [0.3, 0.4) is 0 Å². The Kier molecular flexibility index (Phi) is 11.6. The molecular formula is C73H59BN2. The molecule has 0 spiro atoms. The summed E-state index contributed by atoms with van der Waals surface area (Å²) in [5, 5.41) is 0. The quantitative estimate of drug-likeness (QED) is 0.140. The fraction of sp³-hybridized carbons (Fsp3) is 0.0959. The Bertz CT molecular complexity index is 3640. The van der Waals surface area contributed by atoms with Gasteiger partial charge in [0.25, 0.3) is 6.71 Å². The third-order valence-corrected chi connectivity index (χ3v) is 15.9. The molecule has 0 unspecified atom stereocenters. The zero-order valence-corrected chi connectivity index (χ0v) is 44.4. The molecule has 364 valence electrons. The first kappa shape index (κ1) is 46.8. The zero-order valence-electron chi connectivity index (χ0n) is 44.4. The van der Waals surface area contributed by atoms with E-state index in [1.165, 1.54) is 145 Å². The fourth-order valence-corrected chi connectivity index (χ4v) is 12.9. The highest BCUT2D eigenvalue weighted by molar-refractivity contribution is 7.00. The zero-order chi connectivity index (χ0) is 51.8. The molecular weight excluding hydrogens is 916 g/mol. The van der Waals surface area contributed by atoms with Gasteiger partial charge in [-0.3, -0.25) is 0 Å². The molecule has 2 aliphatic heterocycles. The van der Waals surface area contributed by atoms with E-state index in [9.17, 15) is 0 Å². The summed E-state index contributed by atoms with van der Waals surface area (Å²) in [4.78, 5) is 5.18. The van der Waals surface area contributed by atoms with Crippen molar-refractivity contribution < 1.29 is 0 Å². The van der Waals surface area contributed by atoms with Gasteiger partial charge in [-0.05, 0) is 220 Å². The number of fused-ring (bicyclic) bond motifs is 4. The maximum atomic E-state index is 2.59. The predicted molar refractivity (Wildman–Crippen MR) is 326 cm³/mol. The van der Waals surface area contributed by atoms with Gasteiger partial charge in [0, 0.05) is 34.1 Å². The van der Waals surface area contributed by atoms with Crippen molar-refractivity contribution in [3.05, 3.63) is 269 Å². The van der Waals surface area contributed by atoms with E-state index < -0.39 is 0 Å². The number of benzene rings is 11. The highest BCUT2D eigenvalue weighted by atomic mass is 15.2. The van der Waals surface area contributed by atoms with Crippen molar-refractivity contribution in [2.75, 3.05) is 9.80 Å². The Morgan fingerprint density at radius 3 is 0.868 bits per heavy atom. The molecule has 0 N–H and O–H groups in total. The van der Waals surface area contributed by atoms with E-state index in [0.717, 1.165) is 11.4 Å². The smallest absolute Gasteiger partial charge is 0.252 e. The van der Waals surface area contributed by atoms with Crippen LogP contribution in [-0.2, 0) is 0 Å². The number of nitrogens with zero attached hydrogens (tertiary/aromatic N) is 2. The van der Waals surface area contributed by atoms with E-state index in [1.54, 1.807) is 0 Å². The van der Waals surface area contributed by atoms with E-state index in [4.69, 9.17) is 0 Å². The van der Waals surface area contributed by atoms with Crippen LogP contribution in [0.4, 0.5) is 34.1 Å². The molecule has 0 amide bonds. The van der Waals surface area contributed by atoms with Crippen LogP contribution in [0.1, 0.15) is 38.9 Å². The van der Waals surface area contributed by atoms with Crippen LogP contribution < -0.4 is 26.2 Å². The first-order chi connectivity index (χ1) is 37.0. The maximum Gasteiger partial charge on any atom is 0.252 e. The van der Waals surface area contributed by atoms with Crippen molar-refractivity contribution >= 4 is 57.2 Å². The van der Waals surface area contributed by atoms with E-state index >= 15 is 0 Å². The van der Waals surface area contributed by atoms with Crippen molar-refractivity contribution in [1.82, 2.24) is 0 Å². The molecule has 0 fully saturated rings. The summed E-state index contributed by atoms with van der Waals surface area (Å²) in [7, 11) is 0. The molecule has 0 saturated heterocycles. The Morgan fingerprint density at radius 2 is 0.553 bits per heavy atom. The standard InChI is InChI=1S/C73H59BN2/c1-46-32-49(4)71(50(5)33-46)57-28-30-67-65(44-57)74-66-45-58(72-51(6)34-47(2)35-52(72)7)29-31-68(66)76(64-42-61(55-24-16-10-17-25-55)39-62(43-64)56-26-18-11-19-27-56)70-37-48(3)36-69(73(70)74)75(67)63-40-59(53-20-12-8-13-21-53)38-60(41-63)54-22-14-9-15-23-54/h8-45H,1-7H3. The minimum Gasteiger partial charge on any atom is -0.311 e. The summed E-state index contributed by atoms with van der Waals surface area (Å²) in [6.45, 7) is 15.7. The lowest BCUT2D eigenvalue weighted by molar-refractivity contribution is 1.24. The van der Waals surface area contributed by atoms with Gasteiger partial charge in [0.15, 0.2) is 0 Å². The Balaban J connectivity index is 1.15. The third-order valence-electron chi connectivity index (χ3n) is 15.9. The molecule has 76 heavy (non-hydrogen) atoms. The summed E-state index contributed by atoms with van der Waals surface area (Å²) < 4.78 is 0. The summed E-state index contributed by atoms with van der Waals surface area (Å²) >= 11 is 0. The number of anilines is 6. The number of rotatable bonds is 8. The van der Waals surface area contributed by atoms with E-state index in [-0.39, 0.29) is 6.71 Å². The second-order valence-electron chi connectivity index (χ2n) is 21.4. The molecule has 3 heteroatoms. The molecule has 11 aromatic carbocycles. The lowest BCUT2D eigenvalue weighted by Crippen LogP contribution is -2.61. The van der Waals surface area contributed by atoms with Crippen molar-refractivity contribution in [1.29, 1.82) is 0 Å². The van der Waals surface area contributed by atoms with Gasteiger partial charge >= 0.3 is 0 Å². The van der Waals surface area contributed by atoms with Gasteiger partial charge in [-0.25, -0.2) is 0 Å². The molecule has 13 rings (SSSR count). The van der Waals surface area contributed by atoms with Gasteiger partial charge in [0.1, 0.15) is 0 Å². The molecule has 2 heterocycles. The van der Waals surface area contributed by atoms with Crippen LogP contribution in [0, 0.1) is 48.5 Å². The topological polar surface area (TPSA) is 6.48 Å². The van der Waals surface area contributed by atoms with Crippen LogP contribution in [0.15, 0.2) is 231 Å².